The highest BCUT2D eigenvalue weighted by Crippen LogP contribution is 2.50. The van der Waals surface area contributed by atoms with Gasteiger partial charge in [0, 0.05) is 40.1 Å². The molecule has 3 heterocycles. The maximum Gasteiger partial charge on any atom is 0.216 e. The van der Waals surface area contributed by atoms with E-state index in [2.05, 4.69) is 87.1 Å². The van der Waals surface area contributed by atoms with E-state index in [-0.39, 0.29) is 5.41 Å². The Kier molecular flexibility index (Phi) is 3.36. The van der Waals surface area contributed by atoms with Crippen LogP contribution in [0.4, 0.5) is 0 Å². The molecule has 1 aliphatic carbocycles. The smallest absolute Gasteiger partial charge is 0.216 e. The third kappa shape index (κ3) is 2.15. The van der Waals surface area contributed by atoms with Gasteiger partial charge in [-0.15, -0.1) is 0 Å². The molecule has 0 aliphatic heterocycles. The molecule has 0 fully saturated rings. The number of hydrogen-bond donors (Lipinski definition) is 0. The summed E-state index contributed by atoms with van der Waals surface area (Å²) >= 11 is 0. The first-order valence-electron chi connectivity index (χ1n) is 10.4. The van der Waals surface area contributed by atoms with Gasteiger partial charge in [-0.3, -0.25) is 4.98 Å². The Hall–Kier alpha value is -3.46. The lowest BCUT2D eigenvalue weighted by Crippen LogP contribution is -2.30. The van der Waals surface area contributed by atoms with Crippen LogP contribution in [0, 0.1) is 6.92 Å². The predicted molar refractivity (Wildman–Crippen MR) is 120 cm³/mol. The number of benzene rings is 2. The highest BCUT2D eigenvalue weighted by Gasteiger charge is 2.37. The molecule has 1 aliphatic rings. The molecular weight excluding hydrogens is 368 g/mol. The number of aromatic nitrogens is 2. The summed E-state index contributed by atoms with van der Waals surface area (Å²) in [6.07, 6.45) is 3.97. The fraction of sp³-hybridized carbons (Fsp3) is 0.185. The molecule has 6 rings (SSSR count). The summed E-state index contributed by atoms with van der Waals surface area (Å²) in [6, 6.07) is 19.4. The van der Waals surface area contributed by atoms with Crippen molar-refractivity contribution in [2.45, 2.75) is 26.2 Å². The highest BCUT2D eigenvalue weighted by atomic mass is 16.3. The standard InChI is InChI=1S/C27H23N2O/c1-16-10-11-17-20-14-21-19(18-8-7-12-28-26(18)27(21,2)3)15-23(20)30-25(17)24(16)22-9-5-6-13-29(22)4/h5-15H,1-4H3/q+1. The zero-order chi connectivity index (χ0) is 20.6. The molecule has 0 atom stereocenters. The number of aryl methyl sites for hydroxylation is 2. The largest absolute Gasteiger partial charge is 0.455 e. The molecule has 0 N–H and O–H groups in total. The van der Waals surface area contributed by atoms with Gasteiger partial charge in [-0.2, -0.15) is 0 Å². The minimum Gasteiger partial charge on any atom is -0.455 e. The summed E-state index contributed by atoms with van der Waals surface area (Å²) in [5.74, 6) is 0. The summed E-state index contributed by atoms with van der Waals surface area (Å²) in [7, 11) is 2.08. The molecule has 3 heteroatoms. The van der Waals surface area contributed by atoms with E-state index in [1.165, 1.54) is 27.6 Å². The molecule has 0 saturated heterocycles. The summed E-state index contributed by atoms with van der Waals surface area (Å²) in [5, 5.41) is 2.33. The van der Waals surface area contributed by atoms with Gasteiger partial charge in [-0.1, -0.05) is 32.0 Å². The van der Waals surface area contributed by atoms with Gasteiger partial charge in [0.15, 0.2) is 6.20 Å². The molecule has 3 nitrogen and oxygen atoms in total. The molecule has 0 spiro atoms. The number of rotatable bonds is 1. The minimum absolute atomic E-state index is 0.122. The van der Waals surface area contributed by atoms with Crippen LogP contribution in [-0.2, 0) is 12.5 Å². The lowest BCUT2D eigenvalue weighted by Gasteiger charge is -2.19. The van der Waals surface area contributed by atoms with Crippen LogP contribution in [0.2, 0.25) is 0 Å². The first-order chi connectivity index (χ1) is 14.5. The van der Waals surface area contributed by atoms with Crippen molar-refractivity contribution in [2.24, 2.45) is 7.05 Å². The average Bonchev–Trinajstić information content (AvgIpc) is 3.20. The Balaban J connectivity index is 1.71. The second kappa shape index (κ2) is 5.79. The van der Waals surface area contributed by atoms with E-state index in [9.17, 15) is 0 Å². The summed E-state index contributed by atoms with van der Waals surface area (Å²) in [5.41, 5.74) is 10.2. The molecule has 0 amide bonds. The Morgan fingerprint density at radius 1 is 0.933 bits per heavy atom. The van der Waals surface area contributed by atoms with E-state index in [0.29, 0.717) is 0 Å². The molecule has 0 bridgehead atoms. The lowest BCUT2D eigenvalue weighted by molar-refractivity contribution is -0.660. The van der Waals surface area contributed by atoms with Crippen molar-refractivity contribution in [3.8, 4) is 22.4 Å². The van der Waals surface area contributed by atoms with Gasteiger partial charge in [0.2, 0.25) is 5.69 Å². The van der Waals surface area contributed by atoms with Gasteiger partial charge in [-0.25, -0.2) is 4.57 Å². The van der Waals surface area contributed by atoms with Gasteiger partial charge in [0.1, 0.15) is 18.2 Å². The van der Waals surface area contributed by atoms with E-state index in [0.717, 1.165) is 33.5 Å². The number of furan rings is 1. The van der Waals surface area contributed by atoms with Crippen LogP contribution in [0.15, 0.2) is 71.4 Å². The third-order valence-electron chi connectivity index (χ3n) is 6.66. The molecule has 5 aromatic rings. The maximum atomic E-state index is 6.55. The van der Waals surface area contributed by atoms with Crippen LogP contribution in [0.1, 0.15) is 30.7 Å². The second-order valence-corrected chi connectivity index (χ2v) is 8.85. The van der Waals surface area contributed by atoms with Gasteiger partial charge in [0.25, 0.3) is 0 Å². The first-order valence-corrected chi connectivity index (χ1v) is 10.4. The topological polar surface area (TPSA) is 29.9 Å². The number of hydrogen-bond acceptors (Lipinski definition) is 2. The number of pyridine rings is 2. The van der Waals surface area contributed by atoms with E-state index in [4.69, 9.17) is 9.40 Å². The van der Waals surface area contributed by atoms with Gasteiger partial charge in [0.05, 0.1) is 11.3 Å². The van der Waals surface area contributed by atoms with Crippen LogP contribution in [0.3, 0.4) is 0 Å². The predicted octanol–water partition coefficient (Wildman–Crippen LogP) is 6.09. The Morgan fingerprint density at radius 2 is 1.80 bits per heavy atom. The molecule has 3 aromatic heterocycles. The zero-order valence-corrected chi connectivity index (χ0v) is 17.7. The highest BCUT2D eigenvalue weighted by molar-refractivity contribution is 6.11. The van der Waals surface area contributed by atoms with E-state index in [1.54, 1.807) is 0 Å². The molecule has 0 radical (unpaired) electrons. The Labute approximate surface area is 175 Å². The van der Waals surface area contributed by atoms with Crippen LogP contribution in [0.25, 0.3) is 44.3 Å². The van der Waals surface area contributed by atoms with Crippen LogP contribution >= 0.6 is 0 Å². The molecule has 30 heavy (non-hydrogen) atoms. The summed E-state index contributed by atoms with van der Waals surface area (Å²) < 4.78 is 8.70. The fourth-order valence-electron chi connectivity index (χ4n) is 5.07. The maximum absolute atomic E-state index is 6.55. The average molecular weight is 391 g/mol. The van der Waals surface area contributed by atoms with E-state index in [1.807, 2.05) is 12.3 Å². The van der Waals surface area contributed by atoms with Crippen molar-refractivity contribution in [2.75, 3.05) is 0 Å². The van der Waals surface area contributed by atoms with Crippen LogP contribution in [-0.4, -0.2) is 4.98 Å². The Morgan fingerprint density at radius 3 is 2.63 bits per heavy atom. The van der Waals surface area contributed by atoms with E-state index >= 15 is 0 Å². The van der Waals surface area contributed by atoms with Gasteiger partial charge in [-0.05, 0) is 47.9 Å². The quantitative estimate of drug-likeness (QED) is 0.324. The van der Waals surface area contributed by atoms with Gasteiger partial charge >= 0.3 is 0 Å². The van der Waals surface area contributed by atoms with Crippen molar-refractivity contribution in [1.29, 1.82) is 0 Å². The van der Waals surface area contributed by atoms with Crippen molar-refractivity contribution >= 4 is 21.9 Å². The molecule has 146 valence electrons. The zero-order valence-electron chi connectivity index (χ0n) is 17.7. The summed E-state index contributed by atoms with van der Waals surface area (Å²) in [4.78, 5) is 4.71. The van der Waals surface area contributed by atoms with Crippen LogP contribution < -0.4 is 4.57 Å². The minimum atomic E-state index is -0.122. The van der Waals surface area contributed by atoms with Crippen molar-refractivity contribution < 1.29 is 8.98 Å². The lowest BCUT2D eigenvalue weighted by atomic mass is 9.84. The molecule has 2 aromatic carbocycles. The van der Waals surface area contributed by atoms with Crippen molar-refractivity contribution in [3.05, 3.63) is 83.8 Å². The first kappa shape index (κ1) is 17.4. The molecular formula is C27H23N2O+. The second-order valence-electron chi connectivity index (χ2n) is 8.85. The summed E-state index contributed by atoms with van der Waals surface area (Å²) in [6.45, 7) is 6.68. The van der Waals surface area contributed by atoms with E-state index < -0.39 is 0 Å². The van der Waals surface area contributed by atoms with Gasteiger partial charge < -0.3 is 4.42 Å². The SMILES string of the molecule is Cc1ccc2c(oc3cc4c(cc32)C(C)(C)c2ncccc2-4)c1-c1cccc[n+]1C. The molecule has 0 saturated carbocycles. The normalized spacial score (nSPS) is 14.3. The molecule has 0 unspecified atom stereocenters. The van der Waals surface area contributed by atoms with Crippen molar-refractivity contribution in [1.82, 2.24) is 4.98 Å². The fourth-order valence-corrected chi connectivity index (χ4v) is 5.07. The number of nitrogens with zero attached hydrogens (tertiary/aromatic N) is 2. The monoisotopic (exact) mass is 391 g/mol. The van der Waals surface area contributed by atoms with Crippen molar-refractivity contribution in [3.63, 3.8) is 0 Å². The number of fused-ring (bicyclic) bond motifs is 6. The van der Waals surface area contributed by atoms with Crippen LogP contribution in [0.5, 0.6) is 0 Å². The third-order valence-corrected chi connectivity index (χ3v) is 6.66. The Bertz CT molecular complexity index is 1490.